The predicted molar refractivity (Wildman–Crippen MR) is 130 cm³/mol. The molecule has 2 aromatic rings. The Bertz CT molecular complexity index is 822. The molecule has 0 heterocycles. The van der Waals surface area contributed by atoms with E-state index in [4.69, 9.17) is 19.7 Å². The quantitative estimate of drug-likeness (QED) is 0.237. The minimum absolute atomic E-state index is 0.684. The zero-order chi connectivity index (χ0) is 23.7. The topological polar surface area (TPSA) is 93.1 Å². The van der Waals surface area contributed by atoms with Gasteiger partial charge in [0.1, 0.15) is 11.5 Å². The van der Waals surface area contributed by atoms with Gasteiger partial charge in [-0.3, -0.25) is 0 Å². The Labute approximate surface area is 195 Å². The number of unbranched alkanes of at least 4 members (excludes halogenated alkanes) is 6. The normalized spacial score (nSPS) is 11.2. The summed E-state index contributed by atoms with van der Waals surface area (Å²) in [6.07, 6.45) is 13.2. The van der Waals surface area contributed by atoms with E-state index in [1.54, 1.807) is 12.2 Å². The van der Waals surface area contributed by atoms with E-state index < -0.39 is 11.9 Å². The van der Waals surface area contributed by atoms with Crippen LogP contribution in [0.1, 0.15) is 56.1 Å². The van der Waals surface area contributed by atoms with Gasteiger partial charge in [0, 0.05) is 12.2 Å². The van der Waals surface area contributed by atoms with Crippen LogP contribution in [0, 0.1) is 0 Å². The lowest BCUT2D eigenvalue weighted by molar-refractivity contribution is -0.132. The van der Waals surface area contributed by atoms with Crippen LogP contribution >= 0.6 is 0 Å². The molecule has 0 saturated carbocycles. The Kier molecular flexibility index (Phi) is 11.9. The monoisotopic (exact) mass is 452 g/mol. The van der Waals surface area contributed by atoms with Crippen LogP contribution in [0.3, 0.4) is 0 Å². The Balaban J connectivity index is 1.44. The predicted octanol–water partition coefficient (Wildman–Crippen LogP) is 6.07. The highest BCUT2D eigenvalue weighted by Gasteiger charge is 1.98. The molecule has 176 valence electrons. The Morgan fingerprint density at radius 2 is 0.909 bits per heavy atom. The summed E-state index contributed by atoms with van der Waals surface area (Å²) < 4.78 is 11.5. The van der Waals surface area contributed by atoms with Crippen LogP contribution in [0.2, 0.25) is 0 Å². The Morgan fingerprint density at radius 3 is 1.24 bits per heavy atom. The van der Waals surface area contributed by atoms with Crippen molar-refractivity contribution in [2.24, 2.45) is 0 Å². The van der Waals surface area contributed by atoms with Gasteiger partial charge in [0.2, 0.25) is 0 Å². The van der Waals surface area contributed by atoms with Crippen molar-refractivity contribution in [3.63, 3.8) is 0 Å². The van der Waals surface area contributed by atoms with E-state index in [9.17, 15) is 9.59 Å². The average molecular weight is 453 g/mol. The molecule has 33 heavy (non-hydrogen) atoms. The van der Waals surface area contributed by atoms with Crippen molar-refractivity contribution in [3.05, 3.63) is 71.8 Å². The van der Waals surface area contributed by atoms with Gasteiger partial charge in [-0.15, -0.1) is 0 Å². The van der Waals surface area contributed by atoms with Crippen LogP contribution in [0.25, 0.3) is 12.2 Å². The first-order valence-corrected chi connectivity index (χ1v) is 11.3. The van der Waals surface area contributed by atoms with E-state index in [0.717, 1.165) is 60.5 Å². The molecule has 6 nitrogen and oxygen atoms in total. The van der Waals surface area contributed by atoms with Gasteiger partial charge < -0.3 is 19.7 Å². The smallest absolute Gasteiger partial charge is 0.328 e. The van der Waals surface area contributed by atoms with Crippen molar-refractivity contribution < 1.29 is 29.3 Å². The van der Waals surface area contributed by atoms with E-state index >= 15 is 0 Å². The molecule has 2 rings (SSSR count). The third kappa shape index (κ3) is 12.2. The van der Waals surface area contributed by atoms with E-state index in [1.807, 2.05) is 48.5 Å². The number of benzene rings is 2. The molecule has 0 radical (unpaired) electrons. The number of carbonyl (C=O) groups is 2. The lowest BCUT2D eigenvalue weighted by atomic mass is 10.1. The summed E-state index contributed by atoms with van der Waals surface area (Å²) in [5.74, 6) is -0.317. The second-order valence-corrected chi connectivity index (χ2v) is 7.65. The number of carboxylic acids is 2. The van der Waals surface area contributed by atoms with Crippen LogP contribution in [-0.2, 0) is 9.59 Å². The fourth-order valence-electron chi connectivity index (χ4n) is 3.15. The molecule has 2 N–H and O–H groups in total. The molecule has 0 atom stereocenters. The summed E-state index contributed by atoms with van der Waals surface area (Å²) in [5.41, 5.74) is 1.66. The first kappa shape index (κ1) is 25.7. The summed E-state index contributed by atoms with van der Waals surface area (Å²) in [7, 11) is 0. The standard InChI is InChI=1S/C27H32O6/c28-26(29)18-12-22-8-14-24(15-9-22)32-20-6-4-2-1-3-5-7-21-33-25-16-10-23(11-17-25)13-19-27(30)31/h8-19H,1-7,20-21H2,(H,28,29)(H,30,31). The van der Waals surface area contributed by atoms with Gasteiger partial charge in [-0.1, -0.05) is 56.4 Å². The molecular weight excluding hydrogens is 420 g/mol. The van der Waals surface area contributed by atoms with Gasteiger partial charge >= 0.3 is 11.9 Å². The molecular formula is C27H32O6. The molecule has 2 aromatic carbocycles. The summed E-state index contributed by atoms with van der Waals surface area (Å²) in [6, 6.07) is 14.8. The lowest BCUT2D eigenvalue weighted by Gasteiger charge is -2.07. The van der Waals surface area contributed by atoms with Gasteiger partial charge in [-0.25, -0.2) is 9.59 Å². The first-order valence-electron chi connectivity index (χ1n) is 11.3. The molecule has 0 spiro atoms. The third-order valence-corrected chi connectivity index (χ3v) is 4.92. The second kappa shape index (κ2) is 15.3. The third-order valence-electron chi connectivity index (χ3n) is 4.92. The SMILES string of the molecule is O=C(O)C=Cc1ccc(OCCCCCCCCCOc2ccc(C=CC(=O)O)cc2)cc1. The maximum atomic E-state index is 10.5. The summed E-state index contributed by atoms with van der Waals surface area (Å²) >= 11 is 0. The van der Waals surface area contributed by atoms with Crippen LogP contribution in [0.15, 0.2) is 60.7 Å². The van der Waals surface area contributed by atoms with E-state index in [2.05, 4.69) is 0 Å². The molecule has 0 saturated heterocycles. The molecule has 0 aromatic heterocycles. The van der Waals surface area contributed by atoms with Crippen molar-refractivity contribution in [2.45, 2.75) is 44.9 Å². The van der Waals surface area contributed by atoms with Crippen LogP contribution in [0.4, 0.5) is 0 Å². The van der Waals surface area contributed by atoms with Crippen molar-refractivity contribution in [1.82, 2.24) is 0 Å². The zero-order valence-corrected chi connectivity index (χ0v) is 18.8. The van der Waals surface area contributed by atoms with Crippen molar-refractivity contribution >= 4 is 24.1 Å². The highest BCUT2D eigenvalue weighted by Crippen LogP contribution is 2.16. The van der Waals surface area contributed by atoms with Crippen molar-refractivity contribution in [3.8, 4) is 11.5 Å². The maximum Gasteiger partial charge on any atom is 0.328 e. The molecule has 0 unspecified atom stereocenters. The molecule has 0 aliphatic rings. The van der Waals surface area contributed by atoms with E-state index in [1.165, 1.54) is 19.3 Å². The molecule has 0 amide bonds. The van der Waals surface area contributed by atoms with Crippen molar-refractivity contribution in [1.29, 1.82) is 0 Å². The average Bonchev–Trinajstić information content (AvgIpc) is 2.81. The maximum absolute atomic E-state index is 10.5. The van der Waals surface area contributed by atoms with E-state index in [-0.39, 0.29) is 0 Å². The summed E-state index contributed by atoms with van der Waals surface area (Å²) in [6.45, 7) is 1.37. The second-order valence-electron chi connectivity index (χ2n) is 7.65. The van der Waals surface area contributed by atoms with E-state index in [0.29, 0.717) is 13.2 Å². The summed E-state index contributed by atoms with van der Waals surface area (Å²) in [4.78, 5) is 21.0. The number of ether oxygens (including phenoxy) is 2. The minimum Gasteiger partial charge on any atom is -0.494 e. The number of aliphatic carboxylic acids is 2. The van der Waals surface area contributed by atoms with Crippen molar-refractivity contribution in [2.75, 3.05) is 13.2 Å². The number of rotatable bonds is 16. The first-order chi connectivity index (χ1) is 16.0. The van der Waals surface area contributed by atoms with Gasteiger partial charge in [0.15, 0.2) is 0 Å². The molecule has 0 bridgehead atoms. The fraction of sp³-hybridized carbons (Fsp3) is 0.333. The largest absolute Gasteiger partial charge is 0.494 e. The molecule has 0 aliphatic heterocycles. The van der Waals surface area contributed by atoms with Crippen LogP contribution < -0.4 is 9.47 Å². The number of carboxylic acid groups (broad SMARTS) is 2. The molecule has 0 aliphatic carbocycles. The van der Waals surface area contributed by atoms with Gasteiger partial charge in [0.05, 0.1) is 13.2 Å². The Morgan fingerprint density at radius 1 is 0.576 bits per heavy atom. The minimum atomic E-state index is -0.958. The van der Waals surface area contributed by atoms with Gasteiger partial charge in [-0.05, 0) is 60.4 Å². The van der Waals surface area contributed by atoms with Crippen LogP contribution in [-0.4, -0.2) is 35.4 Å². The fourth-order valence-corrected chi connectivity index (χ4v) is 3.15. The number of hydrogen-bond donors (Lipinski definition) is 2. The molecule has 0 fully saturated rings. The lowest BCUT2D eigenvalue weighted by Crippen LogP contribution is -1.98. The van der Waals surface area contributed by atoms with Gasteiger partial charge in [-0.2, -0.15) is 0 Å². The summed E-state index contributed by atoms with van der Waals surface area (Å²) in [5, 5.41) is 17.3. The zero-order valence-electron chi connectivity index (χ0n) is 18.8. The Hall–Kier alpha value is -3.54. The highest BCUT2D eigenvalue weighted by molar-refractivity contribution is 5.85. The van der Waals surface area contributed by atoms with Crippen LogP contribution in [0.5, 0.6) is 11.5 Å². The molecule has 6 heteroatoms. The highest BCUT2D eigenvalue weighted by atomic mass is 16.5. The number of hydrogen-bond acceptors (Lipinski definition) is 4. The van der Waals surface area contributed by atoms with Gasteiger partial charge in [0.25, 0.3) is 0 Å².